The van der Waals surface area contributed by atoms with Gasteiger partial charge in [-0.2, -0.15) is 13.2 Å². The summed E-state index contributed by atoms with van der Waals surface area (Å²) in [7, 11) is 0. The van der Waals surface area contributed by atoms with Gasteiger partial charge in [0, 0.05) is 0 Å². The van der Waals surface area contributed by atoms with E-state index in [1.165, 1.54) is 12.1 Å². The highest BCUT2D eigenvalue weighted by Crippen LogP contribution is 2.57. The van der Waals surface area contributed by atoms with Crippen molar-refractivity contribution >= 4 is 0 Å². The van der Waals surface area contributed by atoms with Crippen LogP contribution in [0.5, 0.6) is 0 Å². The third-order valence-electron chi connectivity index (χ3n) is 6.35. The normalized spacial score (nSPS) is 23.3. The summed E-state index contributed by atoms with van der Waals surface area (Å²) in [4.78, 5) is 0. The molecule has 1 saturated carbocycles. The predicted molar refractivity (Wildman–Crippen MR) is 112 cm³/mol. The van der Waals surface area contributed by atoms with Crippen LogP contribution in [0.15, 0.2) is 48.5 Å². The summed E-state index contributed by atoms with van der Waals surface area (Å²) in [6.45, 7) is 10.3. The third-order valence-corrected chi connectivity index (χ3v) is 6.35. The molecule has 1 fully saturated rings. The zero-order valence-corrected chi connectivity index (χ0v) is 18.2. The number of alkyl halides is 3. The van der Waals surface area contributed by atoms with Gasteiger partial charge in [-0.1, -0.05) is 83.1 Å². The largest absolute Gasteiger partial charge is 0.418 e. The Bertz CT molecular complexity index is 911. The molecule has 2 nitrogen and oxygen atoms in total. The Balaban J connectivity index is 1.79. The van der Waals surface area contributed by atoms with E-state index in [9.17, 15) is 23.4 Å². The van der Waals surface area contributed by atoms with Crippen LogP contribution in [0.1, 0.15) is 75.8 Å². The number of hydrogen-bond donors (Lipinski definition) is 2. The Hall–Kier alpha value is -1.85. The minimum atomic E-state index is -4.70. The van der Waals surface area contributed by atoms with Crippen molar-refractivity contribution in [2.75, 3.05) is 0 Å². The Labute approximate surface area is 176 Å². The molecule has 164 valence electrons. The second kappa shape index (κ2) is 7.38. The predicted octanol–water partition coefficient (Wildman–Crippen LogP) is 6.16. The minimum absolute atomic E-state index is 0.0181. The first-order valence-electron chi connectivity index (χ1n) is 10.3. The topological polar surface area (TPSA) is 40.5 Å². The standard InChI is InChI=1S/C25H31F3O2/c1-22(2,3)17-9-7-11-19(13-17)24(30)15-20(24)14-23(4,5)18-10-6-8-16(12-18)21(29)25(26,27)28/h6-13,20-21,29-30H,14-15H2,1-5H3. The maximum absolute atomic E-state index is 12.9. The van der Waals surface area contributed by atoms with Gasteiger partial charge in [0.25, 0.3) is 0 Å². The van der Waals surface area contributed by atoms with Crippen molar-refractivity contribution in [2.24, 2.45) is 5.92 Å². The molecule has 0 radical (unpaired) electrons. The third kappa shape index (κ3) is 4.57. The van der Waals surface area contributed by atoms with Crippen molar-refractivity contribution in [3.05, 3.63) is 70.8 Å². The van der Waals surface area contributed by atoms with Crippen LogP contribution in [-0.2, 0) is 16.4 Å². The summed E-state index contributed by atoms with van der Waals surface area (Å²) >= 11 is 0. The maximum Gasteiger partial charge on any atom is 0.418 e. The minimum Gasteiger partial charge on any atom is -0.385 e. The smallest absolute Gasteiger partial charge is 0.385 e. The van der Waals surface area contributed by atoms with Crippen LogP contribution in [0, 0.1) is 5.92 Å². The van der Waals surface area contributed by atoms with E-state index in [2.05, 4.69) is 32.9 Å². The highest BCUT2D eigenvalue weighted by molar-refractivity contribution is 5.37. The molecule has 3 unspecified atom stereocenters. The molecule has 2 aromatic rings. The van der Waals surface area contributed by atoms with Gasteiger partial charge in [0.05, 0.1) is 5.60 Å². The molecule has 3 rings (SSSR count). The molecule has 0 aliphatic heterocycles. The van der Waals surface area contributed by atoms with E-state index >= 15 is 0 Å². The molecular weight excluding hydrogens is 389 g/mol. The van der Waals surface area contributed by atoms with Gasteiger partial charge in [0.1, 0.15) is 0 Å². The molecule has 0 saturated heterocycles. The van der Waals surface area contributed by atoms with E-state index in [0.717, 1.165) is 16.7 Å². The summed E-state index contributed by atoms with van der Waals surface area (Å²) in [6, 6.07) is 14.1. The van der Waals surface area contributed by atoms with Crippen LogP contribution >= 0.6 is 0 Å². The second-order valence-corrected chi connectivity index (χ2v) is 10.3. The Morgan fingerprint density at radius 3 is 2.17 bits per heavy atom. The average Bonchev–Trinajstić information content (AvgIpc) is 3.30. The Kier molecular flexibility index (Phi) is 5.62. The van der Waals surface area contributed by atoms with E-state index < -0.39 is 23.3 Å². The van der Waals surface area contributed by atoms with Crippen molar-refractivity contribution in [3.8, 4) is 0 Å². The van der Waals surface area contributed by atoms with Crippen LogP contribution in [0.4, 0.5) is 13.2 Å². The molecule has 2 N–H and O–H groups in total. The van der Waals surface area contributed by atoms with Crippen molar-refractivity contribution in [1.29, 1.82) is 0 Å². The fourth-order valence-corrected chi connectivity index (χ4v) is 4.22. The monoisotopic (exact) mass is 420 g/mol. The molecule has 2 aromatic carbocycles. The molecule has 0 heterocycles. The lowest BCUT2D eigenvalue weighted by Crippen LogP contribution is -2.23. The van der Waals surface area contributed by atoms with Crippen molar-refractivity contribution in [2.45, 2.75) is 76.2 Å². The molecule has 5 heteroatoms. The lowest BCUT2D eigenvalue weighted by Gasteiger charge is -2.28. The Morgan fingerprint density at radius 2 is 1.57 bits per heavy atom. The molecular formula is C25H31F3O2. The van der Waals surface area contributed by atoms with Crippen LogP contribution in [0.25, 0.3) is 0 Å². The zero-order valence-electron chi connectivity index (χ0n) is 18.2. The number of aliphatic hydroxyl groups is 2. The number of halogens is 3. The van der Waals surface area contributed by atoms with Gasteiger partial charge in [-0.15, -0.1) is 0 Å². The summed E-state index contributed by atoms with van der Waals surface area (Å²) in [5, 5.41) is 20.8. The van der Waals surface area contributed by atoms with E-state index in [1.54, 1.807) is 12.1 Å². The van der Waals surface area contributed by atoms with E-state index in [-0.39, 0.29) is 16.9 Å². The van der Waals surface area contributed by atoms with Gasteiger partial charge >= 0.3 is 6.18 Å². The fraction of sp³-hybridized carbons (Fsp3) is 0.520. The quantitative estimate of drug-likeness (QED) is 0.609. The van der Waals surface area contributed by atoms with Crippen LogP contribution in [-0.4, -0.2) is 16.4 Å². The van der Waals surface area contributed by atoms with Crippen molar-refractivity contribution in [1.82, 2.24) is 0 Å². The molecule has 0 amide bonds. The lowest BCUT2D eigenvalue weighted by molar-refractivity contribution is -0.206. The fourth-order valence-electron chi connectivity index (χ4n) is 4.22. The van der Waals surface area contributed by atoms with Crippen LogP contribution in [0.2, 0.25) is 0 Å². The number of rotatable bonds is 5. The van der Waals surface area contributed by atoms with E-state index in [0.29, 0.717) is 12.8 Å². The summed E-state index contributed by atoms with van der Waals surface area (Å²) in [5.41, 5.74) is 1.26. The van der Waals surface area contributed by atoms with Gasteiger partial charge in [-0.3, -0.25) is 0 Å². The lowest BCUT2D eigenvalue weighted by atomic mass is 9.78. The van der Waals surface area contributed by atoms with E-state index in [4.69, 9.17) is 0 Å². The highest BCUT2D eigenvalue weighted by Gasteiger charge is 2.55. The first kappa shape index (κ1) is 22.8. The van der Waals surface area contributed by atoms with E-state index in [1.807, 2.05) is 26.0 Å². The second-order valence-electron chi connectivity index (χ2n) is 10.3. The van der Waals surface area contributed by atoms with Gasteiger partial charge in [-0.05, 0) is 51.8 Å². The Morgan fingerprint density at radius 1 is 0.967 bits per heavy atom. The number of aliphatic hydroxyl groups excluding tert-OH is 1. The summed E-state index contributed by atoms with van der Waals surface area (Å²) in [6.07, 6.45) is -5.92. The average molecular weight is 421 g/mol. The van der Waals surface area contributed by atoms with Crippen LogP contribution < -0.4 is 0 Å². The van der Waals surface area contributed by atoms with Gasteiger partial charge in [0.15, 0.2) is 6.10 Å². The van der Waals surface area contributed by atoms with Crippen molar-refractivity contribution in [3.63, 3.8) is 0 Å². The maximum atomic E-state index is 12.9. The molecule has 0 aromatic heterocycles. The summed E-state index contributed by atoms with van der Waals surface area (Å²) < 4.78 is 38.7. The molecule has 3 atom stereocenters. The number of hydrogen-bond acceptors (Lipinski definition) is 2. The van der Waals surface area contributed by atoms with Gasteiger partial charge in [-0.25, -0.2) is 0 Å². The highest BCUT2D eigenvalue weighted by atomic mass is 19.4. The summed E-state index contributed by atoms with van der Waals surface area (Å²) in [5.74, 6) is 0.0268. The first-order chi connectivity index (χ1) is 13.6. The van der Waals surface area contributed by atoms with Gasteiger partial charge in [0.2, 0.25) is 0 Å². The molecule has 0 spiro atoms. The van der Waals surface area contributed by atoms with Gasteiger partial charge < -0.3 is 10.2 Å². The molecule has 1 aliphatic rings. The molecule has 1 aliphatic carbocycles. The van der Waals surface area contributed by atoms with Crippen molar-refractivity contribution < 1.29 is 23.4 Å². The first-order valence-corrected chi connectivity index (χ1v) is 10.3. The molecule has 0 bridgehead atoms. The molecule has 30 heavy (non-hydrogen) atoms. The SMILES string of the molecule is CC(C)(C)c1cccc(C2(O)CC2CC(C)(C)c2cccc(C(O)C(F)(F)F)c2)c1. The van der Waals surface area contributed by atoms with Crippen LogP contribution in [0.3, 0.4) is 0 Å². The zero-order chi connectivity index (χ0) is 22.5. The number of benzene rings is 2.